The summed E-state index contributed by atoms with van der Waals surface area (Å²) in [4.78, 5) is 12.6. The number of carbonyl (C=O) groups is 1. The summed E-state index contributed by atoms with van der Waals surface area (Å²) < 4.78 is 15.0. The van der Waals surface area contributed by atoms with Crippen LogP contribution in [0.5, 0.6) is 0 Å². The molecule has 0 saturated heterocycles. The molecule has 0 radical (unpaired) electrons. The van der Waals surface area contributed by atoms with Gasteiger partial charge in [-0.05, 0) is 86.8 Å². The van der Waals surface area contributed by atoms with Crippen LogP contribution < -0.4 is 0 Å². The maximum absolute atomic E-state index is 15.0. The van der Waals surface area contributed by atoms with Gasteiger partial charge in [-0.25, -0.2) is 4.39 Å². The Morgan fingerprint density at radius 2 is 1.96 bits per heavy atom. The normalized spacial score (nSPS) is 38.0. The van der Waals surface area contributed by atoms with Crippen molar-refractivity contribution in [3.63, 3.8) is 0 Å². The van der Waals surface area contributed by atoms with Crippen molar-refractivity contribution >= 4 is 17.4 Å². The lowest BCUT2D eigenvalue weighted by Crippen LogP contribution is -2.53. The van der Waals surface area contributed by atoms with Gasteiger partial charge in [0.2, 0.25) is 0 Å². The van der Waals surface area contributed by atoms with Gasteiger partial charge in [0, 0.05) is 17.0 Å². The minimum Gasteiger partial charge on any atom is -0.294 e. The number of halogens is 2. The predicted molar refractivity (Wildman–Crippen MR) is 90.7 cm³/mol. The summed E-state index contributed by atoms with van der Waals surface area (Å²) in [5.41, 5.74) is 0.865. The van der Waals surface area contributed by atoms with Crippen molar-refractivity contribution in [3.8, 4) is 0 Å². The van der Waals surface area contributed by atoms with E-state index in [9.17, 15) is 9.18 Å². The fraction of sp³-hybridized carbons (Fsp3) is 0.650. The zero-order valence-corrected chi connectivity index (χ0v) is 14.5. The number of hydrogen-bond donors (Lipinski definition) is 0. The van der Waals surface area contributed by atoms with Crippen LogP contribution in [0.15, 0.2) is 18.2 Å². The van der Waals surface area contributed by atoms with E-state index in [1.165, 1.54) is 6.42 Å². The van der Waals surface area contributed by atoms with Crippen LogP contribution in [-0.4, -0.2) is 11.5 Å². The molecule has 23 heavy (non-hydrogen) atoms. The molecule has 4 aliphatic carbocycles. The van der Waals surface area contributed by atoms with Crippen molar-refractivity contribution in [2.24, 2.45) is 17.3 Å². The Kier molecular flexibility index (Phi) is 3.61. The number of carbonyl (C=O) groups excluding carboxylic acids is 1. The van der Waals surface area contributed by atoms with E-state index in [4.69, 9.17) is 11.6 Å². The maximum Gasteiger partial charge on any atom is 0.163 e. The summed E-state index contributed by atoms with van der Waals surface area (Å²) in [7, 11) is 0. The molecule has 1 aromatic rings. The molecule has 1 nitrogen and oxygen atoms in total. The molecule has 0 N–H and O–H groups in total. The summed E-state index contributed by atoms with van der Waals surface area (Å²) in [5.74, 6) is 1.28. The summed E-state index contributed by atoms with van der Waals surface area (Å²) in [6, 6.07) is 5.49. The number of aryl methyl sites for hydroxylation is 1. The molecule has 3 heteroatoms. The molecule has 4 saturated carbocycles. The first kappa shape index (κ1) is 15.6. The fourth-order valence-electron chi connectivity index (χ4n) is 6.04. The first-order chi connectivity index (χ1) is 10.9. The van der Waals surface area contributed by atoms with Crippen LogP contribution in [0, 0.1) is 24.2 Å². The maximum atomic E-state index is 15.0. The van der Waals surface area contributed by atoms with E-state index < -0.39 is 5.67 Å². The van der Waals surface area contributed by atoms with Gasteiger partial charge in [-0.2, -0.15) is 0 Å². The van der Waals surface area contributed by atoms with Crippen molar-refractivity contribution in [1.82, 2.24) is 0 Å². The average Bonchev–Trinajstić information content (AvgIpc) is 2.45. The van der Waals surface area contributed by atoms with Crippen LogP contribution in [0.25, 0.3) is 0 Å². The third kappa shape index (κ3) is 2.84. The largest absolute Gasteiger partial charge is 0.294 e. The third-order valence-corrected chi connectivity index (χ3v) is 6.73. The highest BCUT2D eigenvalue weighted by Gasteiger charge is 2.57. The molecular weight excluding hydrogens is 311 g/mol. The quantitative estimate of drug-likeness (QED) is 0.624. The van der Waals surface area contributed by atoms with Crippen LogP contribution in [0.3, 0.4) is 0 Å². The third-order valence-electron chi connectivity index (χ3n) is 6.49. The lowest BCUT2D eigenvalue weighted by Gasteiger charge is -2.59. The molecule has 124 valence electrons. The van der Waals surface area contributed by atoms with Gasteiger partial charge in [0.15, 0.2) is 5.78 Å². The molecule has 0 heterocycles. The zero-order valence-electron chi connectivity index (χ0n) is 13.7. The van der Waals surface area contributed by atoms with E-state index in [1.54, 1.807) is 6.07 Å². The second-order valence-corrected chi connectivity index (χ2v) is 8.93. The van der Waals surface area contributed by atoms with Crippen LogP contribution in [0.1, 0.15) is 67.3 Å². The highest BCUT2D eigenvalue weighted by Crippen LogP contribution is 2.64. The van der Waals surface area contributed by atoms with Crippen molar-refractivity contribution in [2.45, 2.75) is 64.0 Å². The van der Waals surface area contributed by atoms with Gasteiger partial charge in [0.05, 0.1) is 0 Å². The molecule has 4 aliphatic rings. The van der Waals surface area contributed by atoms with E-state index >= 15 is 0 Å². The molecule has 0 amide bonds. The van der Waals surface area contributed by atoms with E-state index in [0.29, 0.717) is 29.7 Å². The summed E-state index contributed by atoms with van der Waals surface area (Å²) in [6.07, 6.45) is 7.09. The Morgan fingerprint density at radius 1 is 1.26 bits per heavy atom. The highest BCUT2D eigenvalue weighted by molar-refractivity contribution is 6.31. The van der Waals surface area contributed by atoms with Crippen molar-refractivity contribution < 1.29 is 9.18 Å². The van der Waals surface area contributed by atoms with Gasteiger partial charge in [-0.3, -0.25) is 4.79 Å². The van der Waals surface area contributed by atoms with Crippen LogP contribution in [0.4, 0.5) is 4.39 Å². The molecule has 4 fully saturated rings. The van der Waals surface area contributed by atoms with Crippen LogP contribution >= 0.6 is 11.6 Å². The topological polar surface area (TPSA) is 17.1 Å². The van der Waals surface area contributed by atoms with E-state index in [2.05, 4.69) is 0 Å². The molecule has 2 atom stereocenters. The minimum absolute atomic E-state index is 0.0843. The Morgan fingerprint density at radius 3 is 2.61 bits per heavy atom. The Balaban J connectivity index is 1.49. The number of ketones is 1. The van der Waals surface area contributed by atoms with Crippen molar-refractivity contribution in [1.29, 1.82) is 0 Å². The SMILES string of the molecule is Cc1ccc(Cl)cc1C(=O)CCC12CC3CC(CC(F)(C3)C1)C2. The molecule has 1 aromatic carbocycles. The molecule has 4 bridgehead atoms. The average molecular weight is 335 g/mol. The number of Topliss-reactive ketones (excluding diaryl/α,β-unsaturated/α-hetero) is 1. The van der Waals surface area contributed by atoms with Crippen LogP contribution in [0.2, 0.25) is 5.02 Å². The van der Waals surface area contributed by atoms with Crippen LogP contribution in [-0.2, 0) is 0 Å². The van der Waals surface area contributed by atoms with Crippen molar-refractivity contribution in [2.75, 3.05) is 0 Å². The number of hydrogen-bond acceptors (Lipinski definition) is 1. The smallest absolute Gasteiger partial charge is 0.163 e. The van der Waals surface area contributed by atoms with Crippen molar-refractivity contribution in [3.05, 3.63) is 34.3 Å². The van der Waals surface area contributed by atoms with Gasteiger partial charge < -0.3 is 0 Å². The lowest BCUT2D eigenvalue weighted by atomic mass is 9.47. The summed E-state index contributed by atoms with van der Waals surface area (Å²) in [5, 5.41) is 0.608. The number of benzene rings is 1. The monoisotopic (exact) mass is 334 g/mol. The number of alkyl halides is 1. The molecule has 0 aromatic heterocycles. The second-order valence-electron chi connectivity index (χ2n) is 8.49. The number of rotatable bonds is 4. The first-order valence-corrected chi connectivity index (χ1v) is 9.23. The molecule has 2 unspecified atom stereocenters. The van der Waals surface area contributed by atoms with E-state index in [-0.39, 0.29) is 11.2 Å². The Hall–Kier alpha value is -0.890. The lowest BCUT2D eigenvalue weighted by molar-refractivity contribution is -0.125. The predicted octanol–water partition coefficient (Wildman–Crippen LogP) is 5.92. The highest BCUT2D eigenvalue weighted by atomic mass is 35.5. The van der Waals surface area contributed by atoms with E-state index in [1.807, 2.05) is 19.1 Å². The zero-order chi connectivity index (χ0) is 16.2. The first-order valence-electron chi connectivity index (χ1n) is 8.85. The molecule has 5 rings (SSSR count). The Labute approximate surface area is 142 Å². The second kappa shape index (κ2) is 5.31. The van der Waals surface area contributed by atoms with Gasteiger partial charge in [-0.1, -0.05) is 17.7 Å². The van der Waals surface area contributed by atoms with Gasteiger partial charge in [0.25, 0.3) is 0 Å². The standard InChI is InChI=1S/C20H24ClFO/c1-13-2-3-16(21)7-17(13)18(23)4-5-19-8-14-6-15(9-19)11-20(22,10-14)12-19/h2-3,7,14-15H,4-6,8-12H2,1H3. The molecule has 0 aliphatic heterocycles. The van der Waals surface area contributed by atoms with Gasteiger partial charge >= 0.3 is 0 Å². The Bertz CT molecular complexity index is 639. The molecule has 0 spiro atoms. The van der Waals surface area contributed by atoms with Gasteiger partial charge in [-0.15, -0.1) is 0 Å². The summed E-state index contributed by atoms with van der Waals surface area (Å²) in [6.45, 7) is 1.95. The molecular formula is C20H24ClFO. The fourth-order valence-corrected chi connectivity index (χ4v) is 6.21. The van der Waals surface area contributed by atoms with Gasteiger partial charge in [0.1, 0.15) is 5.67 Å². The van der Waals surface area contributed by atoms with E-state index in [0.717, 1.165) is 43.2 Å². The minimum atomic E-state index is -0.931. The summed E-state index contributed by atoms with van der Waals surface area (Å²) >= 11 is 6.03.